The number of allylic oxidation sites excluding steroid dienone is 1. The van der Waals surface area contributed by atoms with Crippen molar-refractivity contribution in [2.24, 2.45) is 17.8 Å². The van der Waals surface area contributed by atoms with E-state index in [0.717, 1.165) is 22.5 Å². The number of hydrogen-bond donors (Lipinski definition) is 0. The van der Waals surface area contributed by atoms with Gasteiger partial charge in [0.15, 0.2) is 5.78 Å². The Morgan fingerprint density at radius 3 is 2.42 bits per heavy atom. The molecular formula is C32H29N3O5. The maximum Gasteiger partial charge on any atom is 0.268 e. The second-order valence-corrected chi connectivity index (χ2v) is 11.8. The van der Waals surface area contributed by atoms with Crippen LogP contribution in [0.1, 0.15) is 37.3 Å². The van der Waals surface area contributed by atoms with Crippen molar-refractivity contribution in [1.29, 1.82) is 0 Å². The van der Waals surface area contributed by atoms with Crippen LogP contribution in [0.4, 0.5) is 5.69 Å². The van der Waals surface area contributed by atoms with Gasteiger partial charge in [0.25, 0.3) is 5.91 Å². The van der Waals surface area contributed by atoms with Gasteiger partial charge in [-0.2, -0.15) is 0 Å². The Labute approximate surface area is 231 Å². The van der Waals surface area contributed by atoms with Crippen LogP contribution < -0.4 is 4.90 Å². The van der Waals surface area contributed by atoms with Crippen LogP contribution in [-0.2, 0) is 36.1 Å². The van der Waals surface area contributed by atoms with E-state index in [1.165, 1.54) is 4.90 Å². The fourth-order valence-electron chi connectivity index (χ4n) is 8.27. The van der Waals surface area contributed by atoms with Crippen molar-refractivity contribution < 1.29 is 23.9 Å². The highest BCUT2D eigenvalue weighted by atomic mass is 16.5. The van der Waals surface area contributed by atoms with E-state index in [1.807, 2.05) is 61.5 Å². The van der Waals surface area contributed by atoms with E-state index >= 15 is 0 Å². The lowest BCUT2D eigenvalue weighted by molar-refractivity contribution is -0.213. The number of ketones is 1. The molecule has 7 aliphatic rings. The number of para-hydroxylation sites is 1. The van der Waals surface area contributed by atoms with Crippen molar-refractivity contribution in [2.45, 2.75) is 50.6 Å². The topological polar surface area (TPSA) is 87.2 Å². The molecule has 5 aliphatic heterocycles. The van der Waals surface area contributed by atoms with Gasteiger partial charge in [0, 0.05) is 30.6 Å². The van der Waals surface area contributed by atoms with E-state index in [-0.39, 0.29) is 30.0 Å². The molecule has 2 bridgehead atoms. The normalized spacial score (nSPS) is 33.9. The fourth-order valence-corrected chi connectivity index (χ4v) is 8.27. The first-order valence-corrected chi connectivity index (χ1v) is 14.0. The number of nitrogens with zero attached hydrogens (tertiary/aromatic N) is 3. The predicted molar refractivity (Wildman–Crippen MR) is 144 cm³/mol. The Bertz CT molecular complexity index is 1590. The molecule has 8 nitrogen and oxygen atoms in total. The molecule has 2 aromatic rings. The van der Waals surface area contributed by atoms with E-state index in [9.17, 15) is 19.2 Å². The molecule has 1 spiro atoms. The van der Waals surface area contributed by atoms with Gasteiger partial charge >= 0.3 is 0 Å². The number of piperidine rings is 1. The van der Waals surface area contributed by atoms with Crippen LogP contribution >= 0.6 is 0 Å². The predicted octanol–water partition coefficient (Wildman–Crippen LogP) is 3.28. The summed E-state index contributed by atoms with van der Waals surface area (Å²) in [5.41, 5.74) is 2.93. The number of amides is 3. The minimum atomic E-state index is -1.55. The number of anilines is 1. The number of imide groups is 1. The smallest absolute Gasteiger partial charge is 0.268 e. The SMILES string of the molecule is CC1=C[C@@H]2[C@H]3C(=O)N(Cc4ccccc4)C(=O)[C@H]3[C@@H]1[C@@H]1O[C@@]3(C(=O)N(C)c4ccccc43)C3=C(CCCC3=O)N21. The zero-order valence-corrected chi connectivity index (χ0v) is 22.4. The molecular weight excluding hydrogens is 506 g/mol. The van der Waals surface area contributed by atoms with Gasteiger partial charge < -0.3 is 14.5 Å². The second kappa shape index (κ2) is 8.01. The standard InChI is InChI=1S/C32H29N3O5/c1-17-15-22-25-26(29(38)34(28(25)37)16-18-9-4-3-5-10-18)24(17)30-35(22)21-13-8-14-23(36)27(21)32(40-30)19-11-6-7-12-20(19)33(2)31(32)39/h3-7,9-12,15,22,24-26,30H,8,13-14,16H2,1-2H3/t22-,24-,25-,26+,30+,32-/m1/s1. The number of rotatable bonds is 2. The van der Waals surface area contributed by atoms with Gasteiger partial charge in [-0.15, -0.1) is 0 Å². The summed E-state index contributed by atoms with van der Waals surface area (Å²) >= 11 is 0. The van der Waals surface area contributed by atoms with Crippen LogP contribution in [0, 0.1) is 17.8 Å². The van der Waals surface area contributed by atoms with Crippen molar-refractivity contribution in [3.05, 3.63) is 88.6 Å². The number of fused-ring (bicyclic) bond motifs is 3. The molecule has 202 valence electrons. The maximum atomic E-state index is 14.2. The molecule has 0 N–H and O–H groups in total. The minimum Gasteiger partial charge on any atom is -0.341 e. The molecule has 6 atom stereocenters. The summed E-state index contributed by atoms with van der Waals surface area (Å²) in [6.07, 6.45) is 3.08. The number of hydrogen-bond acceptors (Lipinski definition) is 6. The lowest BCUT2D eigenvalue weighted by Crippen LogP contribution is -2.68. The maximum absolute atomic E-state index is 14.2. The van der Waals surface area contributed by atoms with Crippen molar-refractivity contribution in [3.8, 4) is 0 Å². The zero-order chi connectivity index (χ0) is 27.5. The van der Waals surface area contributed by atoms with Gasteiger partial charge in [-0.25, -0.2) is 0 Å². The molecule has 0 unspecified atom stereocenters. The summed E-state index contributed by atoms with van der Waals surface area (Å²) in [6.45, 7) is 2.22. The number of likely N-dealkylation sites (tertiary alicyclic amines) is 1. The summed E-state index contributed by atoms with van der Waals surface area (Å²) in [4.78, 5) is 60.8. The lowest BCUT2D eigenvalue weighted by Gasteiger charge is -2.60. The Hall–Kier alpha value is -4.04. The molecule has 2 aliphatic carbocycles. The van der Waals surface area contributed by atoms with Crippen LogP contribution in [0.25, 0.3) is 0 Å². The van der Waals surface area contributed by atoms with Crippen LogP contribution in [0.2, 0.25) is 0 Å². The summed E-state index contributed by atoms with van der Waals surface area (Å²) in [6, 6.07) is 16.6. The third-order valence-corrected chi connectivity index (χ3v) is 9.89. The Morgan fingerprint density at radius 1 is 0.900 bits per heavy atom. The van der Waals surface area contributed by atoms with Gasteiger partial charge in [0.05, 0.1) is 35.7 Å². The monoisotopic (exact) mass is 535 g/mol. The van der Waals surface area contributed by atoms with Crippen molar-refractivity contribution in [3.63, 3.8) is 0 Å². The van der Waals surface area contributed by atoms with Gasteiger partial charge in [-0.1, -0.05) is 60.2 Å². The number of carbonyl (C=O) groups is 4. The second-order valence-electron chi connectivity index (χ2n) is 11.8. The van der Waals surface area contributed by atoms with E-state index in [0.29, 0.717) is 30.4 Å². The molecule has 40 heavy (non-hydrogen) atoms. The van der Waals surface area contributed by atoms with Crippen LogP contribution in [0.5, 0.6) is 0 Å². The highest BCUT2D eigenvalue weighted by Gasteiger charge is 2.69. The van der Waals surface area contributed by atoms with E-state index < -0.39 is 35.6 Å². The largest absolute Gasteiger partial charge is 0.341 e. The summed E-state index contributed by atoms with van der Waals surface area (Å²) in [7, 11) is 1.72. The molecule has 2 aromatic carbocycles. The van der Waals surface area contributed by atoms with Crippen LogP contribution in [0.15, 0.2) is 77.5 Å². The molecule has 8 heteroatoms. The summed E-state index contributed by atoms with van der Waals surface area (Å²) in [5.74, 6) is -2.28. The number of ether oxygens (including phenoxy) is 1. The Balaban J connectivity index is 1.30. The molecule has 0 saturated carbocycles. The van der Waals surface area contributed by atoms with Gasteiger partial charge in [-0.3, -0.25) is 24.1 Å². The van der Waals surface area contributed by atoms with Crippen LogP contribution in [-0.4, -0.2) is 52.6 Å². The highest BCUT2D eigenvalue weighted by molar-refractivity contribution is 6.16. The van der Waals surface area contributed by atoms with E-state index in [4.69, 9.17) is 4.74 Å². The van der Waals surface area contributed by atoms with Gasteiger partial charge in [-0.05, 0) is 31.4 Å². The molecule has 0 radical (unpaired) electrons. The lowest BCUT2D eigenvalue weighted by atomic mass is 9.64. The molecule has 2 fully saturated rings. The first kappa shape index (κ1) is 23.8. The van der Waals surface area contributed by atoms with Crippen molar-refractivity contribution in [2.75, 3.05) is 11.9 Å². The molecule has 9 rings (SSSR count). The number of carbonyl (C=O) groups excluding carboxylic acids is 4. The molecule has 5 heterocycles. The number of benzene rings is 2. The first-order valence-electron chi connectivity index (χ1n) is 14.0. The summed E-state index contributed by atoms with van der Waals surface area (Å²) in [5, 5.41) is 0. The Morgan fingerprint density at radius 2 is 1.62 bits per heavy atom. The molecule has 2 saturated heterocycles. The number of likely N-dealkylation sites (N-methyl/N-ethyl adjacent to an activating group) is 1. The third-order valence-electron chi connectivity index (χ3n) is 9.89. The van der Waals surface area contributed by atoms with Crippen molar-refractivity contribution in [1.82, 2.24) is 9.80 Å². The van der Waals surface area contributed by atoms with Gasteiger partial charge in [0.2, 0.25) is 17.4 Å². The number of Topliss-reactive ketones (excluding diaryl/α,β-unsaturated/α-hetero) is 1. The quantitative estimate of drug-likeness (QED) is 0.433. The summed E-state index contributed by atoms with van der Waals surface area (Å²) < 4.78 is 6.97. The van der Waals surface area contributed by atoms with E-state index in [1.54, 1.807) is 11.9 Å². The average molecular weight is 536 g/mol. The molecule has 3 amide bonds. The molecule has 0 aromatic heterocycles. The fraction of sp³-hybridized carbons (Fsp3) is 0.375. The van der Waals surface area contributed by atoms with E-state index in [2.05, 4.69) is 11.0 Å². The average Bonchev–Trinajstić information content (AvgIpc) is 3.33. The third kappa shape index (κ3) is 2.74. The van der Waals surface area contributed by atoms with Crippen LogP contribution in [0.3, 0.4) is 0 Å². The van der Waals surface area contributed by atoms with Crippen molar-refractivity contribution >= 4 is 29.2 Å². The zero-order valence-electron chi connectivity index (χ0n) is 22.4. The minimum absolute atomic E-state index is 0.0867. The Kier molecular flexibility index (Phi) is 4.77. The highest BCUT2D eigenvalue weighted by Crippen LogP contribution is 2.60. The van der Waals surface area contributed by atoms with Gasteiger partial charge in [0.1, 0.15) is 6.23 Å². The first-order chi connectivity index (χ1) is 19.3.